The van der Waals surface area contributed by atoms with E-state index in [0.29, 0.717) is 17.7 Å². The number of ether oxygens (including phenoxy) is 1. The van der Waals surface area contributed by atoms with Gasteiger partial charge in [0, 0.05) is 43.7 Å². The Bertz CT molecular complexity index is 1210. The fourth-order valence-corrected chi connectivity index (χ4v) is 5.24. The topological polar surface area (TPSA) is 111 Å². The lowest BCUT2D eigenvalue weighted by molar-refractivity contribution is -0.136. The van der Waals surface area contributed by atoms with Crippen molar-refractivity contribution >= 4 is 11.8 Å². The lowest BCUT2D eigenvalue weighted by Gasteiger charge is -2.39. The Balaban J connectivity index is 1.28. The standard InChI is InChI=1S/C26H28N4O4/c1-29-14-23(28-15-29)17-4-9-24(22(11-17)26(27)33)34-21-12-18-5-6-19(13-21)30(18)25(32)10-16-2-7-20(31)8-3-16/h2-4,7-9,11,14-15,18-19,21,31H,5-6,10,12-13H2,1H3,(H2,27,33)/t18-,19+,21-. The third-order valence-corrected chi connectivity index (χ3v) is 6.81. The molecule has 3 N–H and O–H groups in total. The summed E-state index contributed by atoms with van der Waals surface area (Å²) in [6, 6.07) is 12.4. The maximum atomic E-state index is 13.0. The number of nitrogens with two attached hydrogens (primary N) is 1. The van der Waals surface area contributed by atoms with E-state index in [1.807, 2.05) is 28.8 Å². The van der Waals surface area contributed by atoms with Gasteiger partial charge in [-0.05, 0) is 48.7 Å². The van der Waals surface area contributed by atoms with E-state index in [4.69, 9.17) is 10.5 Å². The van der Waals surface area contributed by atoms with Crippen molar-refractivity contribution in [3.05, 3.63) is 66.1 Å². The monoisotopic (exact) mass is 460 g/mol. The van der Waals surface area contributed by atoms with Gasteiger partial charge in [0.05, 0.1) is 24.0 Å². The molecule has 0 spiro atoms. The van der Waals surface area contributed by atoms with E-state index in [2.05, 4.69) is 4.98 Å². The highest BCUT2D eigenvalue weighted by Crippen LogP contribution is 2.38. The number of aryl methyl sites for hydroxylation is 1. The molecular formula is C26H28N4O4. The first-order valence-electron chi connectivity index (χ1n) is 11.6. The van der Waals surface area contributed by atoms with Crippen LogP contribution in [0.15, 0.2) is 55.0 Å². The number of rotatable bonds is 6. The van der Waals surface area contributed by atoms with E-state index >= 15 is 0 Å². The molecule has 2 aliphatic rings. The van der Waals surface area contributed by atoms with Gasteiger partial charge in [-0.2, -0.15) is 0 Å². The van der Waals surface area contributed by atoms with Crippen LogP contribution >= 0.6 is 0 Å². The minimum Gasteiger partial charge on any atom is -0.508 e. The second-order valence-corrected chi connectivity index (χ2v) is 9.24. The Morgan fingerprint density at radius 3 is 2.44 bits per heavy atom. The molecule has 8 heteroatoms. The van der Waals surface area contributed by atoms with Crippen LogP contribution < -0.4 is 10.5 Å². The summed E-state index contributed by atoms with van der Waals surface area (Å²) in [5, 5.41) is 9.47. The Morgan fingerprint density at radius 1 is 1.12 bits per heavy atom. The molecule has 2 fully saturated rings. The van der Waals surface area contributed by atoms with Crippen LogP contribution in [-0.2, 0) is 18.3 Å². The van der Waals surface area contributed by atoms with Gasteiger partial charge in [-0.3, -0.25) is 9.59 Å². The summed E-state index contributed by atoms with van der Waals surface area (Å²) >= 11 is 0. The van der Waals surface area contributed by atoms with E-state index in [1.54, 1.807) is 42.7 Å². The number of hydrogen-bond acceptors (Lipinski definition) is 5. The number of hydrogen-bond donors (Lipinski definition) is 2. The van der Waals surface area contributed by atoms with Gasteiger partial charge in [0.2, 0.25) is 5.91 Å². The molecule has 2 amide bonds. The summed E-state index contributed by atoms with van der Waals surface area (Å²) in [6.45, 7) is 0. The number of nitrogens with zero attached hydrogens (tertiary/aromatic N) is 3. The highest BCUT2D eigenvalue weighted by Gasteiger charge is 2.44. The van der Waals surface area contributed by atoms with Crippen molar-refractivity contribution < 1.29 is 19.4 Å². The first-order chi connectivity index (χ1) is 16.4. The second kappa shape index (κ2) is 8.85. The lowest BCUT2D eigenvalue weighted by Crippen LogP contribution is -2.49. The second-order valence-electron chi connectivity index (χ2n) is 9.24. The molecular weight excluding hydrogens is 432 g/mol. The Labute approximate surface area is 198 Å². The Hall–Kier alpha value is -3.81. The highest BCUT2D eigenvalue weighted by atomic mass is 16.5. The minimum atomic E-state index is -0.544. The van der Waals surface area contributed by atoms with Crippen LogP contribution in [-0.4, -0.2) is 49.6 Å². The first-order valence-corrected chi connectivity index (χ1v) is 11.6. The molecule has 3 atom stereocenters. The number of fused-ring (bicyclic) bond motifs is 2. The number of piperidine rings is 1. The van der Waals surface area contributed by atoms with Gasteiger partial charge in [-0.15, -0.1) is 0 Å². The number of primary amides is 1. The predicted molar refractivity (Wildman–Crippen MR) is 126 cm³/mol. The number of benzene rings is 2. The van der Waals surface area contributed by atoms with Crippen LogP contribution in [0.4, 0.5) is 0 Å². The lowest BCUT2D eigenvalue weighted by atomic mass is 9.98. The SMILES string of the molecule is Cn1cnc(-c2ccc(O[C@@H]3C[C@H]4CC[C@@H](C3)N4C(=O)Cc3ccc(O)cc3)c(C(N)=O)c2)c1. The molecule has 0 unspecified atom stereocenters. The molecule has 34 heavy (non-hydrogen) atoms. The fraction of sp³-hybridized carbons (Fsp3) is 0.346. The maximum Gasteiger partial charge on any atom is 0.252 e. The molecule has 0 radical (unpaired) electrons. The van der Waals surface area contributed by atoms with Crippen molar-refractivity contribution in [2.24, 2.45) is 12.8 Å². The molecule has 2 saturated heterocycles. The summed E-state index contributed by atoms with van der Waals surface area (Å²) in [6.07, 6.45) is 7.16. The van der Waals surface area contributed by atoms with Gasteiger partial charge in [0.1, 0.15) is 17.6 Å². The molecule has 5 rings (SSSR count). The van der Waals surface area contributed by atoms with Gasteiger partial charge in [-0.25, -0.2) is 4.98 Å². The summed E-state index contributed by atoms with van der Waals surface area (Å²) in [7, 11) is 1.89. The molecule has 0 saturated carbocycles. The van der Waals surface area contributed by atoms with E-state index in [0.717, 1.165) is 42.5 Å². The number of aromatic hydroxyl groups is 1. The van der Waals surface area contributed by atoms with Crippen molar-refractivity contribution in [1.29, 1.82) is 0 Å². The third kappa shape index (κ3) is 4.35. The minimum absolute atomic E-state index is 0.0889. The normalized spacial score (nSPS) is 21.4. The number of phenols is 1. The Morgan fingerprint density at radius 2 is 1.82 bits per heavy atom. The Kier molecular flexibility index (Phi) is 5.73. The fourth-order valence-electron chi connectivity index (χ4n) is 5.24. The van der Waals surface area contributed by atoms with Crippen LogP contribution in [0.1, 0.15) is 41.6 Å². The van der Waals surface area contributed by atoms with Crippen molar-refractivity contribution in [2.75, 3.05) is 0 Å². The molecule has 2 bridgehead atoms. The van der Waals surface area contributed by atoms with Crippen LogP contribution in [0.2, 0.25) is 0 Å². The third-order valence-electron chi connectivity index (χ3n) is 6.81. The molecule has 1 aromatic heterocycles. The number of aromatic nitrogens is 2. The zero-order valence-electron chi connectivity index (χ0n) is 19.1. The highest BCUT2D eigenvalue weighted by molar-refractivity contribution is 5.97. The van der Waals surface area contributed by atoms with Gasteiger partial charge in [0.15, 0.2) is 0 Å². The van der Waals surface area contributed by atoms with Crippen molar-refractivity contribution in [3.8, 4) is 22.8 Å². The summed E-state index contributed by atoms with van der Waals surface area (Å²) in [5.41, 5.74) is 8.45. The first kappa shape index (κ1) is 22.0. The number of carbonyl (C=O) groups is 2. The average Bonchev–Trinajstić information content (AvgIpc) is 3.36. The van der Waals surface area contributed by atoms with Gasteiger partial charge in [-0.1, -0.05) is 12.1 Å². The van der Waals surface area contributed by atoms with Crippen molar-refractivity contribution in [3.63, 3.8) is 0 Å². The summed E-state index contributed by atoms with van der Waals surface area (Å²) in [4.78, 5) is 31.6. The molecule has 2 aromatic carbocycles. The van der Waals surface area contributed by atoms with Gasteiger partial charge < -0.3 is 25.0 Å². The average molecular weight is 461 g/mol. The number of phenolic OH excluding ortho intramolecular Hbond substituents is 1. The number of amides is 2. The number of carbonyl (C=O) groups excluding carboxylic acids is 2. The number of imidazole rings is 1. The van der Waals surface area contributed by atoms with Crippen molar-refractivity contribution in [2.45, 2.75) is 50.3 Å². The van der Waals surface area contributed by atoms with E-state index in [-0.39, 0.29) is 29.8 Å². The smallest absolute Gasteiger partial charge is 0.252 e. The maximum absolute atomic E-state index is 13.0. The van der Waals surface area contributed by atoms with Crippen LogP contribution in [0.25, 0.3) is 11.3 Å². The molecule has 176 valence electrons. The molecule has 8 nitrogen and oxygen atoms in total. The molecule has 0 aliphatic carbocycles. The van der Waals surface area contributed by atoms with Gasteiger partial charge in [0.25, 0.3) is 5.91 Å². The quantitative estimate of drug-likeness (QED) is 0.587. The zero-order valence-corrected chi connectivity index (χ0v) is 19.1. The summed E-state index contributed by atoms with van der Waals surface area (Å²) < 4.78 is 8.14. The van der Waals surface area contributed by atoms with E-state index in [9.17, 15) is 14.7 Å². The largest absolute Gasteiger partial charge is 0.508 e. The van der Waals surface area contributed by atoms with Crippen LogP contribution in [0.5, 0.6) is 11.5 Å². The van der Waals surface area contributed by atoms with Gasteiger partial charge >= 0.3 is 0 Å². The summed E-state index contributed by atoms with van der Waals surface area (Å²) in [5.74, 6) is 0.226. The van der Waals surface area contributed by atoms with Crippen LogP contribution in [0.3, 0.4) is 0 Å². The molecule has 3 aromatic rings. The molecule has 3 heterocycles. The van der Waals surface area contributed by atoms with Crippen LogP contribution in [0, 0.1) is 0 Å². The van der Waals surface area contributed by atoms with Crippen molar-refractivity contribution in [1.82, 2.24) is 14.5 Å². The van der Waals surface area contributed by atoms with E-state index < -0.39 is 5.91 Å². The zero-order chi connectivity index (χ0) is 23.8. The predicted octanol–water partition coefficient (Wildman–Crippen LogP) is 3.04. The molecule has 2 aliphatic heterocycles. The van der Waals surface area contributed by atoms with E-state index in [1.165, 1.54) is 0 Å².